The third kappa shape index (κ3) is 1.82. The quantitative estimate of drug-likeness (QED) is 0.684. The van der Waals surface area contributed by atoms with Crippen LogP contribution in [0.2, 0.25) is 0 Å². The molecule has 0 saturated carbocycles. The van der Waals surface area contributed by atoms with Gasteiger partial charge >= 0.3 is 0 Å². The maximum atomic E-state index is 11.7. The second-order valence-electron chi connectivity index (χ2n) is 3.49. The summed E-state index contributed by atoms with van der Waals surface area (Å²) in [5.74, 6) is -0.0547. The van der Waals surface area contributed by atoms with Crippen LogP contribution in [0.3, 0.4) is 0 Å². The number of hydrogen-bond donors (Lipinski definition) is 0. The van der Waals surface area contributed by atoms with Gasteiger partial charge in [-0.2, -0.15) is 10.4 Å². The molecule has 74 valence electrons. The van der Waals surface area contributed by atoms with E-state index >= 15 is 0 Å². The van der Waals surface area contributed by atoms with Crippen molar-refractivity contribution in [2.24, 2.45) is 5.92 Å². The molecule has 0 amide bonds. The van der Waals surface area contributed by atoms with E-state index in [4.69, 9.17) is 5.26 Å². The van der Waals surface area contributed by atoms with Crippen molar-refractivity contribution in [3.05, 3.63) is 18.0 Å². The van der Waals surface area contributed by atoms with Crippen molar-refractivity contribution in [3.8, 4) is 6.07 Å². The summed E-state index contributed by atoms with van der Waals surface area (Å²) in [4.78, 5) is 11.7. The summed E-state index contributed by atoms with van der Waals surface area (Å²) in [7, 11) is 0. The zero-order valence-corrected chi connectivity index (χ0v) is 8.56. The first-order valence-corrected chi connectivity index (χ1v) is 4.55. The second kappa shape index (κ2) is 4.05. The van der Waals surface area contributed by atoms with Gasteiger partial charge in [0.1, 0.15) is 11.7 Å². The van der Waals surface area contributed by atoms with Gasteiger partial charge in [0.05, 0.1) is 6.07 Å². The molecule has 0 aromatic carbocycles. The zero-order chi connectivity index (χ0) is 10.7. The Hall–Kier alpha value is -1.63. The van der Waals surface area contributed by atoms with Crippen LogP contribution >= 0.6 is 0 Å². The van der Waals surface area contributed by atoms with E-state index in [1.54, 1.807) is 19.2 Å². The summed E-state index contributed by atoms with van der Waals surface area (Å²) in [6.45, 7) is 5.37. The van der Waals surface area contributed by atoms with Crippen molar-refractivity contribution in [2.45, 2.75) is 26.8 Å². The molecule has 0 radical (unpaired) electrons. The second-order valence-corrected chi connectivity index (χ2v) is 3.49. The highest BCUT2D eigenvalue weighted by atomic mass is 16.1. The number of ketones is 1. The fraction of sp³-hybridized carbons (Fsp3) is 0.500. The summed E-state index contributed by atoms with van der Waals surface area (Å²) in [5.41, 5.74) is 0.508. The SMILES string of the molecule is CC(C)C(=O)c1ccnn1C(C)C#N. The molecule has 0 saturated heterocycles. The molecule has 0 N–H and O–H groups in total. The third-order valence-corrected chi connectivity index (χ3v) is 2.00. The molecule has 0 aliphatic carbocycles. The molecular weight excluding hydrogens is 178 g/mol. The Balaban J connectivity index is 3.06. The summed E-state index contributed by atoms with van der Waals surface area (Å²) in [6, 6.07) is 3.30. The van der Waals surface area contributed by atoms with Crippen LogP contribution in [0.1, 0.15) is 37.3 Å². The molecule has 1 unspecified atom stereocenters. The Bertz CT molecular complexity index is 373. The minimum Gasteiger partial charge on any atom is -0.292 e. The molecule has 1 atom stereocenters. The Kier molecular flexibility index (Phi) is 3.03. The van der Waals surface area contributed by atoms with E-state index in [0.29, 0.717) is 5.69 Å². The summed E-state index contributed by atoms with van der Waals surface area (Å²) in [6.07, 6.45) is 1.55. The summed E-state index contributed by atoms with van der Waals surface area (Å²) >= 11 is 0. The molecule has 0 fully saturated rings. The van der Waals surface area contributed by atoms with Crippen molar-refractivity contribution >= 4 is 5.78 Å². The highest BCUT2D eigenvalue weighted by molar-refractivity contribution is 5.95. The smallest absolute Gasteiger partial charge is 0.183 e. The monoisotopic (exact) mass is 191 g/mol. The number of nitrogens with zero attached hydrogens (tertiary/aromatic N) is 3. The molecule has 0 spiro atoms. The normalized spacial score (nSPS) is 12.5. The van der Waals surface area contributed by atoms with E-state index in [2.05, 4.69) is 5.10 Å². The largest absolute Gasteiger partial charge is 0.292 e. The van der Waals surface area contributed by atoms with Gasteiger partial charge < -0.3 is 0 Å². The van der Waals surface area contributed by atoms with Crippen molar-refractivity contribution in [1.82, 2.24) is 9.78 Å². The van der Waals surface area contributed by atoms with Crippen molar-refractivity contribution in [1.29, 1.82) is 5.26 Å². The van der Waals surface area contributed by atoms with Crippen LogP contribution in [0.15, 0.2) is 12.3 Å². The Labute approximate surface area is 83.1 Å². The lowest BCUT2D eigenvalue weighted by molar-refractivity contribution is 0.0927. The number of rotatable bonds is 3. The number of Topliss-reactive ketones (excluding diaryl/α,β-unsaturated/α-hetero) is 1. The minimum absolute atomic E-state index is 0.0181. The van der Waals surface area contributed by atoms with Crippen LogP contribution in [0.5, 0.6) is 0 Å². The van der Waals surface area contributed by atoms with E-state index in [1.165, 1.54) is 4.68 Å². The molecule has 0 aliphatic rings. The van der Waals surface area contributed by atoms with Crippen molar-refractivity contribution < 1.29 is 4.79 Å². The summed E-state index contributed by atoms with van der Waals surface area (Å²) < 4.78 is 1.46. The van der Waals surface area contributed by atoms with Crippen LogP contribution in [0.25, 0.3) is 0 Å². The summed E-state index contributed by atoms with van der Waals surface area (Å²) in [5, 5.41) is 12.7. The van der Waals surface area contributed by atoms with Gasteiger partial charge in [0.15, 0.2) is 5.78 Å². The molecule has 4 heteroatoms. The number of carbonyl (C=O) groups is 1. The number of aromatic nitrogens is 2. The van der Waals surface area contributed by atoms with Gasteiger partial charge in [-0.25, -0.2) is 4.68 Å². The van der Waals surface area contributed by atoms with Gasteiger partial charge in [0.25, 0.3) is 0 Å². The third-order valence-electron chi connectivity index (χ3n) is 2.00. The lowest BCUT2D eigenvalue weighted by atomic mass is 10.1. The van der Waals surface area contributed by atoms with Crippen LogP contribution in [-0.2, 0) is 0 Å². The van der Waals surface area contributed by atoms with Crippen molar-refractivity contribution in [3.63, 3.8) is 0 Å². The molecular formula is C10H13N3O. The van der Waals surface area contributed by atoms with Crippen LogP contribution in [0, 0.1) is 17.2 Å². The van der Waals surface area contributed by atoms with Crippen molar-refractivity contribution in [2.75, 3.05) is 0 Å². The van der Waals surface area contributed by atoms with E-state index in [0.717, 1.165) is 0 Å². The molecule has 14 heavy (non-hydrogen) atoms. The lowest BCUT2D eigenvalue weighted by Crippen LogP contribution is -2.17. The molecule has 4 nitrogen and oxygen atoms in total. The average Bonchev–Trinajstić information content (AvgIpc) is 2.63. The number of hydrogen-bond acceptors (Lipinski definition) is 3. The van der Waals surface area contributed by atoms with E-state index in [1.807, 2.05) is 19.9 Å². The highest BCUT2D eigenvalue weighted by Gasteiger charge is 2.17. The van der Waals surface area contributed by atoms with Gasteiger partial charge in [0.2, 0.25) is 0 Å². The van der Waals surface area contributed by atoms with Gasteiger partial charge in [0, 0.05) is 12.1 Å². The molecule has 1 heterocycles. The number of nitriles is 1. The first kappa shape index (κ1) is 10.5. The minimum atomic E-state index is -0.400. The predicted molar refractivity (Wildman–Crippen MR) is 51.7 cm³/mol. The molecule has 0 bridgehead atoms. The van der Waals surface area contributed by atoms with E-state index in [9.17, 15) is 4.79 Å². The lowest BCUT2D eigenvalue weighted by Gasteiger charge is -2.09. The Morgan fingerprint density at radius 3 is 2.71 bits per heavy atom. The maximum absolute atomic E-state index is 11.7. The Morgan fingerprint density at radius 1 is 1.57 bits per heavy atom. The molecule has 1 aromatic rings. The van der Waals surface area contributed by atoms with Gasteiger partial charge in [-0.1, -0.05) is 13.8 Å². The average molecular weight is 191 g/mol. The van der Waals surface area contributed by atoms with Crippen LogP contribution < -0.4 is 0 Å². The number of carbonyl (C=O) groups excluding carboxylic acids is 1. The first-order chi connectivity index (χ1) is 6.57. The van der Waals surface area contributed by atoms with Gasteiger partial charge in [-0.05, 0) is 13.0 Å². The van der Waals surface area contributed by atoms with Gasteiger partial charge in [-0.15, -0.1) is 0 Å². The first-order valence-electron chi connectivity index (χ1n) is 4.55. The Morgan fingerprint density at radius 2 is 2.21 bits per heavy atom. The standard InChI is InChI=1S/C10H13N3O/c1-7(2)10(14)9-4-5-12-13(9)8(3)6-11/h4-5,7-8H,1-3H3. The van der Waals surface area contributed by atoms with Crippen LogP contribution in [-0.4, -0.2) is 15.6 Å². The fourth-order valence-electron chi connectivity index (χ4n) is 1.17. The topological polar surface area (TPSA) is 58.7 Å². The van der Waals surface area contributed by atoms with E-state index in [-0.39, 0.29) is 11.7 Å². The molecule has 1 aromatic heterocycles. The predicted octanol–water partition coefficient (Wildman–Crippen LogP) is 1.81. The highest BCUT2D eigenvalue weighted by Crippen LogP contribution is 2.12. The molecule has 1 rings (SSSR count). The van der Waals surface area contributed by atoms with E-state index < -0.39 is 6.04 Å². The zero-order valence-electron chi connectivity index (χ0n) is 8.56. The van der Waals surface area contributed by atoms with Gasteiger partial charge in [-0.3, -0.25) is 4.79 Å². The van der Waals surface area contributed by atoms with Crippen LogP contribution in [0.4, 0.5) is 0 Å². The fourth-order valence-corrected chi connectivity index (χ4v) is 1.17. The molecule has 0 aliphatic heterocycles. The maximum Gasteiger partial charge on any atom is 0.183 e.